The highest BCUT2D eigenvalue weighted by Crippen LogP contribution is 2.25. The molecule has 0 spiro atoms. The molecule has 1 N–H and O–H groups in total. The van der Waals surface area contributed by atoms with Crippen LogP contribution in [0, 0.1) is 5.82 Å². The second-order valence-corrected chi connectivity index (χ2v) is 5.86. The lowest BCUT2D eigenvalue weighted by molar-refractivity contribution is 0.0997. The summed E-state index contributed by atoms with van der Waals surface area (Å²) in [6, 6.07) is 14.8. The number of anilines is 1. The summed E-state index contributed by atoms with van der Waals surface area (Å²) < 4.78 is 21.0. The van der Waals surface area contributed by atoms with E-state index in [1.165, 1.54) is 12.1 Å². The van der Waals surface area contributed by atoms with Crippen LogP contribution in [0.15, 0.2) is 77.6 Å². The van der Waals surface area contributed by atoms with Crippen LogP contribution in [-0.4, -0.2) is 20.7 Å². The van der Waals surface area contributed by atoms with Crippen LogP contribution in [-0.2, 0) is 6.54 Å². The first kappa shape index (κ1) is 16.7. The van der Waals surface area contributed by atoms with E-state index < -0.39 is 11.7 Å². The van der Waals surface area contributed by atoms with Gasteiger partial charge in [-0.1, -0.05) is 18.2 Å². The highest BCUT2D eigenvalue weighted by molar-refractivity contribution is 6.02. The first-order valence-electron chi connectivity index (χ1n) is 8.27. The monoisotopic (exact) mass is 362 g/mol. The number of amides is 1. The molecule has 0 aliphatic carbocycles. The van der Waals surface area contributed by atoms with E-state index >= 15 is 0 Å². The Balaban J connectivity index is 1.45. The molecule has 0 fully saturated rings. The second kappa shape index (κ2) is 7.25. The van der Waals surface area contributed by atoms with Crippen molar-refractivity contribution in [1.29, 1.82) is 0 Å². The number of nitrogens with zero attached hydrogens (tertiary/aromatic N) is 3. The van der Waals surface area contributed by atoms with Crippen molar-refractivity contribution in [2.75, 3.05) is 5.32 Å². The molecule has 6 nitrogen and oxygen atoms in total. The number of hydrogen-bond acceptors (Lipinski definition) is 4. The number of halogens is 1. The van der Waals surface area contributed by atoms with Crippen LogP contribution in [0.5, 0.6) is 0 Å². The molecule has 7 heteroatoms. The smallest absolute Gasteiger partial charge is 0.292 e. The van der Waals surface area contributed by atoms with Crippen molar-refractivity contribution in [2.24, 2.45) is 0 Å². The molecule has 0 aliphatic heterocycles. The topological polar surface area (TPSA) is 73.0 Å². The minimum absolute atomic E-state index is 0.0788. The summed E-state index contributed by atoms with van der Waals surface area (Å²) in [4.78, 5) is 16.4. The fraction of sp³-hybridized carbons (Fsp3) is 0.0500. The van der Waals surface area contributed by atoms with E-state index in [1.54, 1.807) is 53.6 Å². The summed E-state index contributed by atoms with van der Waals surface area (Å²) in [5.41, 5.74) is 1.30. The predicted octanol–water partition coefficient (Wildman–Crippen LogP) is 3.98. The lowest BCUT2D eigenvalue weighted by Crippen LogP contribution is -2.12. The van der Waals surface area contributed by atoms with E-state index in [2.05, 4.69) is 15.4 Å². The van der Waals surface area contributed by atoms with Gasteiger partial charge in [-0.2, -0.15) is 5.10 Å². The molecule has 0 saturated heterocycles. The molecule has 27 heavy (non-hydrogen) atoms. The SMILES string of the molecule is O=C(Nc1ccn(Cc2cccnc2)n1)c1ccc(-c2ccccc2F)o1. The molecular formula is C20H15FN4O2. The molecule has 3 heterocycles. The normalized spacial score (nSPS) is 10.7. The number of nitrogens with one attached hydrogen (secondary N) is 1. The minimum Gasteiger partial charge on any atom is -0.451 e. The molecule has 0 aliphatic rings. The molecule has 0 bridgehead atoms. The zero-order chi connectivity index (χ0) is 18.6. The third-order valence-corrected chi connectivity index (χ3v) is 3.92. The van der Waals surface area contributed by atoms with Crippen molar-refractivity contribution in [3.8, 4) is 11.3 Å². The van der Waals surface area contributed by atoms with Crippen molar-refractivity contribution < 1.29 is 13.6 Å². The van der Waals surface area contributed by atoms with Crippen molar-refractivity contribution in [1.82, 2.24) is 14.8 Å². The van der Waals surface area contributed by atoms with Crippen molar-refractivity contribution in [2.45, 2.75) is 6.54 Å². The van der Waals surface area contributed by atoms with Gasteiger partial charge in [0.05, 0.1) is 12.1 Å². The highest BCUT2D eigenvalue weighted by Gasteiger charge is 2.15. The van der Waals surface area contributed by atoms with Crippen LogP contribution in [0.4, 0.5) is 10.2 Å². The van der Waals surface area contributed by atoms with Crippen LogP contribution in [0.1, 0.15) is 16.1 Å². The summed E-state index contributed by atoms with van der Waals surface area (Å²) in [6.45, 7) is 0.544. The van der Waals surface area contributed by atoms with Gasteiger partial charge in [0, 0.05) is 24.7 Å². The predicted molar refractivity (Wildman–Crippen MR) is 97.6 cm³/mol. The largest absolute Gasteiger partial charge is 0.451 e. The molecule has 1 amide bonds. The Hall–Kier alpha value is -3.74. The van der Waals surface area contributed by atoms with E-state index in [0.29, 0.717) is 23.7 Å². The Morgan fingerprint density at radius 1 is 1.11 bits per heavy atom. The van der Waals surface area contributed by atoms with E-state index in [4.69, 9.17) is 4.42 Å². The number of pyridine rings is 1. The van der Waals surface area contributed by atoms with E-state index in [1.807, 2.05) is 12.1 Å². The average Bonchev–Trinajstić information content (AvgIpc) is 3.33. The van der Waals surface area contributed by atoms with Gasteiger partial charge in [-0.05, 0) is 35.9 Å². The van der Waals surface area contributed by atoms with Crippen LogP contribution >= 0.6 is 0 Å². The molecule has 4 rings (SSSR count). The van der Waals surface area contributed by atoms with Gasteiger partial charge in [-0.3, -0.25) is 14.5 Å². The van der Waals surface area contributed by atoms with Crippen LogP contribution in [0.2, 0.25) is 0 Å². The molecule has 4 aromatic rings. The zero-order valence-corrected chi connectivity index (χ0v) is 14.2. The van der Waals surface area contributed by atoms with Gasteiger partial charge in [0.1, 0.15) is 11.6 Å². The van der Waals surface area contributed by atoms with Gasteiger partial charge in [0.15, 0.2) is 11.6 Å². The fourth-order valence-corrected chi connectivity index (χ4v) is 2.64. The number of hydrogen-bond donors (Lipinski definition) is 1. The molecule has 0 radical (unpaired) electrons. The number of carbonyl (C=O) groups excluding carboxylic acids is 1. The average molecular weight is 362 g/mol. The second-order valence-electron chi connectivity index (χ2n) is 5.86. The van der Waals surface area contributed by atoms with E-state index in [0.717, 1.165) is 5.56 Å². The van der Waals surface area contributed by atoms with Crippen LogP contribution in [0.25, 0.3) is 11.3 Å². The van der Waals surface area contributed by atoms with Gasteiger partial charge < -0.3 is 9.73 Å². The summed E-state index contributed by atoms with van der Waals surface area (Å²) in [7, 11) is 0. The summed E-state index contributed by atoms with van der Waals surface area (Å²) in [5, 5.41) is 6.98. The molecule has 0 saturated carbocycles. The first-order chi connectivity index (χ1) is 13.2. The maximum absolute atomic E-state index is 13.8. The third-order valence-electron chi connectivity index (χ3n) is 3.92. The Labute approximate surface area is 154 Å². The maximum Gasteiger partial charge on any atom is 0.292 e. The van der Waals surface area contributed by atoms with E-state index in [9.17, 15) is 9.18 Å². The van der Waals surface area contributed by atoms with Gasteiger partial charge >= 0.3 is 0 Å². The molecule has 3 aromatic heterocycles. The van der Waals surface area contributed by atoms with Gasteiger partial charge in [0.25, 0.3) is 5.91 Å². The standard InChI is InChI=1S/C20H15FN4O2/c21-16-6-2-1-5-15(16)17-7-8-18(27-17)20(26)23-19-9-11-25(24-19)13-14-4-3-10-22-12-14/h1-12H,13H2,(H,23,24,26). The molecule has 0 unspecified atom stereocenters. The lowest BCUT2D eigenvalue weighted by Gasteiger charge is -2.02. The quantitative estimate of drug-likeness (QED) is 0.583. The zero-order valence-electron chi connectivity index (χ0n) is 14.2. The third kappa shape index (κ3) is 3.77. The molecule has 134 valence electrons. The number of benzene rings is 1. The molecular weight excluding hydrogens is 347 g/mol. The first-order valence-corrected chi connectivity index (χ1v) is 8.27. The lowest BCUT2D eigenvalue weighted by atomic mass is 10.1. The number of aromatic nitrogens is 3. The number of rotatable bonds is 5. The van der Waals surface area contributed by atoms with E-state index in [-0.39, 0.29) is 5.76 Å². The minimum atomic E-state index is -0.454. The van der Waals surface area contributed by atoms with Crippen LogP contribution < -0.4 is 5.32 Å². The molecule has 1 aromatic carbocycles. The van der Waals surface area contributed by atoms with Gasteiger partial charge in [-0.25, -0.2) is 4.39 Å². The Bertz CT molecular complexity index is 1070. The Kier molecular flexibility index (Phi) is 4.49. The number of carbonyl (C=O) groups is 1. The number of furan rings is 1. The van der Waals surface area contributed by atoms with Crippen molar-refractivity contribution in [3.63, 3.8) is 0 Å². The van der Waals surface area contributed by atoms with Crippen molar-refractivity contribution in [3.05, 3.63) is 90.3 Å². The highest BCUT2D eigenvalue weighted by atomic mass is 19.1. The summed E-state index contributed by atoms with van der Waals surface area (Å²) in [6.07, 6.45) is 5.22. The van der Waals surface area contributed by atoms with Gasteiger partial charge in [-0.15, -0.1) is 0 Å². The van der Waals surface area contributed by atoms with Crippen LogP contribution in [0.3, 0.4) is 0 Å². The summed E-state index contributed by atoms with van der Waals surface area (Å²) >= 11 is 0. The Morgan fingerprint density at radius 3 is 2.81 bits per heavy atom. The fourth-order valence-electron chi connectivity index (χ4n) is 2.64. The Morgan fingerprint density at radius 2 is 2.00 bits per heavy atom. The molecule has 0 atom stereocenters. The van der Waals surface area contributed by atoms with Crippen molar-refractivity contribution >= 4 is 11.7 Å². The maximum atomic E-state index is 13.8. The van der Waals surface area contributed by atoms with Gasteiger partial charge in [0.2, 0.25) is 0 Å². The summed E-state index contributed by atoms with van der Waals surface area (Å²) in [5.74, 6) is -0.0969.